The van der Waals surface area contributed by atoms with Crippen molar-refractivity contribution in [1.82, 2.24) is 0 Å². The highest BCUT2D eigenvalue weighted by molar-refractivity contribution is 5.93. The average Bonchev–Trinajstić information content (AvgIpc) is 2.52. The van der Waals surface area contributed by atoms with E-state index in [1.807, 2.05) is 0 Å². The molecule has 7 nitrogen and oxygen atoms in total. The van der Waals surface area contributed by atoms with E-state index in [0.29, 0.717) is 12.0 Å². The van der Waals surface area contributed by atoms with E-state index in [-0.39, 0.29) is 36.7 Å². The monoisotopic (exact) mass is 324 g/mol. The van der Waals surface area contributed by atoms with Gasteiger partial charge in [0, 0.05) is 12.0 Å². The number of hydrogen-bond acceptors (Lipinski definition) is 6. The number of carboxylic acids is 1. The zero-order valence-electron chi connectivity index (χ0n) is 13.1. The summed E-state index contributed by atoms with van der Waals surface area (Å²) in [6, 6.07) is 4.37. The molecule has 0 aliphatic heterocycles. The van der Waals surface area contributed by atoms with E-state index in [4.69, 9.17) is 14.6 Å². The Morgan fingerprint density at radius 1 is 1.13 bits per heavy atom. The van der Waals surface area contributed by atoms with Crippen molar-refractivity contribution in [3.05, 3.63) is 34.9 Å². The van der Waals surface area contributed by atoms with Gasteiger partial charge in [0.2, 0.25) is 0 Å². The van der Waals surface area contributed by atoms with Gasteiger partial charge in [0.05, 0.1) is 18.8 Å². The zero-order chi connectivity index (χ0) is 17.4. The summed E-state index contributed by atoms with van der Waals surface area (Å²) in [5.74, 6) is -2.56. The number of rotatable bonds is 8. The van der Waals surface area contributed by atoms with Crippen LogP contribution in [0.25, 0.3) is 0 Å². The quantitative estimate of drug-likeness (QED) is 0.697. The van der Waals surface area contributed by atoms with Crippen LogP contribution < -0.4 is 0 Å². The number of aryl methyl sites for hydroxylation is 1. The molecule has 0 amide bonds. The van der Waals surface area contributed by atoms with Gasteiger partial charge < -0.3 is 19.7 Å². The first-order valence-electron chi connectivity index (χ1n) is 7.27. The third-order valence-corrected chi connectivity index (χ3v) is 3.06. The van der Waals surface area contributed by atoms with Gasteiger partial charge in [-0.2, -0.15) is 0 Å². The fourth-order valence-corrected chi connectivity index (χ4v) is 2.00. The SMILES string of the molecule is CCOC(=O)CCc1ccc(C(=O)OCC)c(C(O)C(=O)O)c1. The second-order valence-corrected chi connectivity index (χ2v) is 4.69. The van der Waals surface area contributed by atoms with Crippen LogP contribution in [0.3, 0.4) is 0 Å². The third kappa shape index (κ3) is 5.37. The zero-order valence-corrected chi connectivity index (χ0v) is 13.1. The summed E-state index contributed by atoms with van der Waals surface area (Å²) in [5.41, 5.74) is 0.542. The van der Waals surface area contributed by atoms with Crippen molar-refractivity contribution in [1.29, 1.82) is 0 Å². The number of carbonyl (C=O) groups is 3. The summed E-state index contributed by atoms with van der Waals surface area (Å²) in [4.78, 5) is 34.2. The molecule has 1 aromatic carbocycles. The van der Waals surface area contributed by atoms with Crippen molar-refractivity contribution >= 4 is 17.9 Å². The molecule has 126 valence electrons. The topological polar surface area (TPSA) is 110 Å². The molecule has 0 saturated carbocycles. The third-order valence-electron chi connectivity index (χ3n) is 3.06. The highest BCUT2D eigenvalue weighted by Gasteiger charge is 2.24. The average molecular weight is 324 g/mol. The van der Waals surface area contributed by atoms with Gasteiger partial charge in [0.25, 0.3) is 0 Å². The largest absolute Gasteiger partial charge is 0.479 e. The molecule has 0 bridgehead atoms. The Morgan fingerprint density at radius 2 is 1.78 bits per heavy atom. The van der Waals surface area contributed by atoms with Crippen LogP contribution in [0.15, 0.2) is 18.2 Å². The number of ether oxygens (including phenoxy) is 2. The first kappa shape index (κ1) is 18.6. The molecule has 1 aromatic rings. The van der Waals surface area contributed by atoms with Crippen LogP contribution >= 0.6 is 0 Å². The van der Waals surface area contributed by atoms with Crippen LogP contribution in [0.4, 0.5) is 0 Å². The predicted molar refractivity (Wildman–Crippen MR) is 79.9 cm³/mol. The molecule has 1 rings (SSSR count). The van der Waals surface area contributed by atoms with Crippen LogP contribution in [-0.4, -0.2) is 41.3 Å². The molecule has 0 spiro atoms. The molecule has 0 aliphatic rings. The number of aliphatic carboxylic acids is 1. The molecule has 0 saturated heterocycles. The summed E-state index contributed by atoms with van der Waals surface area (Å²) < 4.78 is 9.67. The molecule has 1 unspecified atom stereocenters. The van der Waals surface area contributed by atoms with E-state index in [1.165, 1.54) is 12.1 Å². The standard InChI is InChI=1S/C16H20O7/c1-3-22-13(17)8-6-10-5-7-11(16(21)23-4-2)12(9-10)14(18)15(19)20/h5,7,9,14,18H,3-4,6,8H2,1-2H3,(H,19,20). The number of aliphatic hydroxyl groups is 1. The van der Waals surface area contributed by atoms with E-state index in [1.54, 1.807) is 19.9 Å². The molecule has 0 radical (unpaired) electrons. The van der Waals surface area contributed by atoms with Gasteiger partial charge in [-0.15, -0.1) is 0 Å². The minimum absolute atomic E-state index is 0.0124. The second kappa shape index (κ2) is 8.89. The first-order chi connectivity index (χ1) is 10.9. The van der Waals surface area contributed by atoms with E-state index in [0.717, 1.165) is 0 Å². The summed E-state index contributed by atoms with van der Waals surface area (Å²) in [6.07, 6.45) is -1.42. The van der Waals surface area contributed by atoms with Gasteiger partial charge in [0.15, 0.2) is 6.10 Å². The van der Waals surface area contributed by atoms with Crippen molar-refractivity contribution in [3.8, 4) is 0 Å². The Morgan fingerprint density at radius 3 is 2.35 bits per heavy atom. The molecular formula is C16H20O7. The van der Waals surface area contributed by atoms with Crippen LogP contribution in [0.5, 0.6) is 0 Å². The van der Waals surface area contributed by atoms with Crippen molar-refractivity contribution in [2.24, 2.45) is 0 Å². The number of benzene rings is 1. The van der Waals surface area contributed by atoms with Crippen LogP contribution in [0.2, 0.25) is 0 Å². The second-order valence-electron chi connectivity index (χ2n) is 4.69. The minimum atomic E-state index is -1.85. The Labute approximate surface area is 133 Å². The van der Waals surface area contributed by atoms with Crippen LogP contribution in [0.1, 0.15) is 47.9 Å². The molecule has 0 aliphatic carbocycles. The lowest BCUT2D eigenvalue weighted by atomic mass is 9.97. The van der Waals surface area contributed by atoms with Gasteiger partial charge in [-0.25, -0.2) is 9.59 Å². The normalized spacial score (nSPS) is 11.6. The Bertz CT molecular complexity index is 580. The molecule has 0 aromatic heterocycles. The molecule has 0 heterocycles. The number of carbonyl (C=O) groups excluding carboxylic acids is 2. The number of carboxylic acid groups (broad SMARTS) is 1. The van der Waals surface area contributed by atoms with Gasteiger partial charge >= 0.3 is 17.9 Å². The lowest BCUT2D eigenvalue weighted by Gasteiger charge is -2.13. The van der Waals surface area contributed by atoms with E-state index >= 15 is 0 Å². The number of aliphatic hydroxyl groups excluding tert-OH is 1. The van der Waals surface area contributed by atoms with Gasteiger partial charge in [-0.3, -0.25) is 4.79 Å². The summed E-state index contributed by atoms with van der Waals surface area (Å²) in [5, 5.41) is 18.8. The lowest BCUT2D eigenvalue weighted by Crippen LogP contribution is -2.17. The summed E-state index contributed by atoms with van der Waals surface area (Å²) >= 11 is 0. The smallest absolute Gasteiger partial charge is 0.338 e. The van der Waals surface area contributed by atoms with Gasteiger partial charge in [-0.1, -0.05) is 12.1 Å². The first-order valence-corrected chi connectivity index (χ1v) is 7.27. The fraction of sp³-hybridized carbons (Fsp3) is 0.438. The summed E-state index contributed by atoms with van der Waals surface area (Å²) in [7, 11) is 0. The van der Waals surface area contributed by atoms with Crippen molar-refractivity contribution in [3.63, 3.8) is 0 Å². The minimum Gasteiger partial charge on any atom is -0.479 e. The van der Waals surface area contributed by atoms with E-state index in [9.17, 15) is 19.5 Å². The molecule has 0 fully saturated rings. The van der Waals surface area contributed by atoms with E-state index < -0.39 is 18.0 Å². The molecular weight excluding hydrogens is 304 g/mol. The van der Waals surface area contributed by atoms with Crippen molar-refractivity contribution in [2.45, 2.75) is 32.8 Å². The lowest BCUT2D eigenvalue weighted by molar-refractivity contribution is -0.147. The van der Waals surface area contributed by atoms with Gasteiger partial charge in [0.1, 0.15) is 0 Å². The van der Waals surface area contributed by atoms with Crippen molar-refractivity contribution < 1.29 is 34.1 Å². The van der Waals surface area contributed by atoms with Gasteiger partial charge in [-0.05, 0) is 31.9 Å². The Hall–Kier alpha value is -2.41. The maximum Gasteiger partial charge on any atom is 0.338 e. The maximum atomic E-state index is 11.9. The molecule has 7 heteroatoms. The van der Waals surface area contributed by atoms with Crippen LogP contribution in [0, 0.1) is 0 Å². The summed E-state index contributed by atoms with van der Waals surface area (Å²) in [6.45, 7) is 3.74. The molecule has 2 N–H and O–H groups in total. The molecule has 1 atom stereocenters. The van der Waals surface area contributed by atoms with Crippen LogP contribution in [-0.2, 0) is 25.5 Å². The highest BCUT2D eigenvalue weighted by Crippen LogP contribution is 2.22. The maximum absolute atomic E-state index is 11.9. The Kier molecular flexibility index (Phi) is 7.21. The fourth-order valence-electron chi connectivity index (χ4n) is 2.00. The number of hydrogen-bond donors (Lipinski definition) is 2. The highest BCUT2D eigenvalue weighted by atomic mass is 16.5. The number of esters is 2. The predicted octanol–water partition coefficient (Wildman–Crippen LogP) is 1.48. The van der Waals surface area contributed by atoms with Crippen molar-refractivity contribution in [2.75, 3.05) is 13.2 Å². The van der Waals surface area contributed by atoms with E-state index in [2.05, 4.69) is 0 Å². The molecule has 23 heavy (non-hydrogen) atoms. The Balaban J connectivity index is 3.04.